The maximum Gasteiger partial charge on any atom is 0.269 e. The number of benzene rings is 2. The Bertz CT molecular complexity index is 987. The molecule has 1 aliphatic rings. The monoisotopic (exact) mass is 408 g/mol. The molecule has 0 heterocycles. The maximum atomic E-state index is 14.5. The molecule has 5 nitrogen and oxygen atoms in total. The minimum Gasteiger partial charge on any atom is -0.274 e. The highest BCUT2D eigenvalue weighted by atomic mass is 32.2. The summed E-state index contributed by atoms with van der Waals surface area (Å²) in [5.41, 5.74) is 2.44. The van der Waals surface area contributed by atoms with Gasteiger partial charge in [0.15, 0.2) is 0 Å². The van der Waals surface area contributed by atoms with Crippen molar-refractivity contribution >= 4 is 15.9 Å². The number of hydrogen-bond acceptors (Lipinski definition) is 3. The van der Waals surface area contributed by atoms with Crippen LogP contribution in [-0.2, 0) is 10.0 Å². The molecule has 1 amide bonds. The van der Waals surface area contributed by atoms with E-state index < -0.39 is 32.8 Å². The predicted molar refractivity (Wildman–Crippen MR) is 103 cm³/mol. The summed E-state index contributed by atoms with van der Waals surface area (Å²) in [7, 11) is -3.74. The summed E-state index contributed by atoms with van der Waals surface area (Å²) in [6.45, 7) is 1.46. The smallest absolute Gasteiger partial charge is 0.269 e. The van der Waals surface area contributed by atoms with Crippen molar-refractivity contribution in [3.63, 3.8) is 0 Å². The van der Waals surface area contributed by atoms with E-state index in [-0.39, 0.29) is 16.7 Å². The van der Waals surface area contributed by atoms with Crippen molar-refractivity contribution in [3.8, 4) is 11.1 Å². The number of nitrogens with one attached hydrogen (secondary N) is 2. The van der Waals surface area contributed by atoms with Gasteiger partial charge in [-0.05, 0) is 49.1 Å². The predicted octanol–water partition coefficient (Wildman–Crippen LogP) is 3.84. The molecule has 1 saturated carbocycles. The first-order valence-electron chi connectivity index (χ1n) is 9.15. The third-order valence-corrected chi connectivity index (χ3v) is 6.72. The largest absolute Gasteiger partial charge is 0.274 e. The van der Waals surface area contributed by atoms with Crippen molar-refractivity contribution < 1.29 is 22.0 Å². The number of amides is 1. The van der Waals surface area contributed by atoms with Crippen LogP contribution < -0.4 is 10.3 Å². The van der Waals surface area contributed by atoms with Gasteiger partial charge in [0.1, 0.15) is 11.6 Å². The third-order valence-electron chi connectivity index (χ3n) is 4.98. The quantitative estimate of drug-likeness (QED) is 0.738. The second-order valence-corrected chi connectivity index (χ2v) is 8.96. The zero-order chi connectivity index (χ0) is 20.3. The molecule has 0 unspecified atom stereocenters. The Morgan fingerprint density at radius 2 is 1.75 bits per heavy atom. The van der Waals surface area contributed by atoms with Crippen molar-refractivity contribution in [2.45, 2.75) is 44.3 Å². The van der Waals surface area contributed by atoms with Gasteiger partial charge in [-0.2, -0.15) is 0 Å². The van der Waals surface area contributed by atoms with E-state index in [2.05, 4.69) is 10.3 Å². The van der Waals surface area contributed by atoms with Crippen molar-refractivity contribution in [1.82, 2.24) is 10.3 Å². The fourth-order valence-corrected chi connectivity index (χ4v) is 4.78. The number of aryl methyl sites for hydroxylation is 1. The molecule has 8 heteroatoms. The molecule has 2 aromatic carbocycles. The van der Waals surface area contributed by atoms with Gasteiger partial charge in [0.25, 0.3) is 5.91 Å². The Balaban J connectivity index is 1.82. The van der Waals surface area contributed by atoms with Gasteiger partial charge in [-0.25, -0.2) is 17.2 Å². The molecule has 2 N–H and O–H groups in total. The van der Waals surface area contributed by atoms with Crippen LogP contribution in [0.25, 0.3) is 11.1 Å². The van der Waals surface area contributed by atoms with Crippen molar-refractivity contribution in [1.29, 1.82) is 0 Å². The number of sulfonamides is 1. The van der Waals surface area contributed by atoms with Crippen LogP contribution in [0.1, 0.15) is 48.0 Å². The van der Waals surface area contributed by atoms with Gasteiger partial charge in [0.05, 0.1) is 10.8 Å². The van der Waals surface area contributed by atoms with E-state index in [1.807, 2.05) is 0 Å². The van der Waals surface area contributed by atoms with Crippen LogP contribution in [0, 0.1) is 18.6 Å². The van der Waals surface area contributed by atoms with Crippen LogP contribution in [-0.4, -0.2) is 19.6 Å². The minimum absolute atomic E-state index is 0.154. The lowest BCUT2D eigenvalue weighted by Crippen LogP contribution is -2.46. The first-order chi connectivity index (χ1) is 13.3. The van der Waals surface area contributed by atoms with Crippen LogP contribution in [0.5, 0.6) is 0 Å². The van der Waals surface area contributed by atoms with E-state index in [4.69, 9.17) is 0 Å². The van der Waals surface area contributed by atoms with E-state index in [0.717, 1.165) is 19.3 Å². The van der Waals surface area contributed by atoms with Gasteiger partial charge >= 0.3 is 0 Å². The van der Waals surface area contributed by atoms with Crippen molar-refractivity contribution in [3.05, 3.63) is 59.2 Å². The summed E-state index contributed by atoms with van der Waals surface area (Å²) in [5.74, 6) is -2.22. The second kappa shape index (κ2) is 8.36. The molecule has 0 bridgehead atoms. The molecule has 0 aliphatic heterocycles. The highest BCUT2D eigenvalue weighted by molar-refractivity contribution is 7.90. The number of carbonyl (C=O) groups is 1. The van der Waals surface area contributed by atoms with E-state index in [1.165, 1.54) is 37.3 Å². The molecule has 0 atom stereocenters. The third kappa shape index (κ3) is 4.39. The normalized spacial score (nSPS) is 15.4. The number of rotatable bonds is 5. The summed E-state index contributed by atoms with van der Waals surface area (Å²) in [6.07, 6.45) is 3.69. The number of carbonyl (C=O) groups excluding carboxylic acids is 1. The molecule has 1 aliphatic carbocycles. The zero-order valence-corrected chi connectivity index (χ0v) is 16.3. The van der Waals surface area contributed by atoms with Crippen LogP contribution in [0.15, 0.2) is 36.4 Å². The molecule has 0 radical (unpaired) electrons. The molecule has 28 heavy (non-hydrogen) atoms. The number of hydrogen-bond donors (Lipinski definition) is 2. The van der Waals surface area contributed by atoms with Crippen LogP contribution in [0.3, 0.4) is 0 Å². The lowest BCUT2D eigenvalue weighted by atomic mass is 9.99. The lowest BCUT2D eigenvalue weighted by Gasteiger charge is -2.22. The summed E-state index contributed by atoms with van der Waals surface area (Å²) in [4.78, 5) is 14.5. The zero-order valence-electron chi connectivity index (χ0n) is 15.5. The molecule has 3 rings (SSSR count). The number of hydrazine groups is 1. The van der Waals surface area contributed by atoms with Gasteiger partial charge in [0, 0.05) is 5.56 Å². The first-order valence-corrected chi connectivity index (χ1v) is 10.7. The molecule has 2 aromatic rings. The van der Waals surface area contributed by atoms with Gasteiger partial charge in [-0.1, -0.05) is 37.5 Å². The summed E-state index contributed by atoms with van der Waals surface area (Å²) in [6, 6.07) is 8.61. The molecule has 150 valence electrons. The Kier molecular flexibility index (Phi) is 6.10. The van der Waals surface area contributed by atoms with Gasteiger partial charge in [-0.15, -0.1) is 4.83 Å². The fraction of sp³-hybridized carbons (Fsp3) is 0.350. The van der Waals surface area contributed by atoms with Crippen LogP contribution >= 0.6 is 0 Å². The van der Waals surface area contributed by atoms with Gasteiger partial charge < -0.3 is 0 Å². The standard InChI is InChI=1S/C20H22F2N2O3S/c1-13-11-14(16-9-5-6-10-18(16)21)12-17(19(13)22)20(25)23-24-28(26,27)15-7-3-2-4-8-15/h5-6,9-12,15,24H,2-4,7-8H2,1H3,(H,23,25). The SMILES string of the molecule is Cc1cc(-c2ccccc2F)cc(C(=O)NNS(=O)(=O)C2CCCCC2)c1F. The molecule has 0 spiro atoms. The Hall–Kier alpha value is -2.32. The van der Waals surface area contributed by atoms with E-state index in [9.17, 15) is 22.0 Å². The molecular weight excluding hydrogens is 386 g/mol. The molecule has 1 fully saturated rings. The van der Waals surface area contributed by atoms with Crippen molar-refractivity contribution in [2.24, 2.45) is 0 Å². The first kappa shape index (κ1) is 20.4. The minimum atomic E-state index is -3.74. The maximum absolute atomic E-state index is 14.5. The average molecular weight is 408 g/mol. The summed E-state index contributed by atoms with van der Waals surface area (Å²) < 4.78 is 53.2. The number of halogens is 2. The summed E-state index contributed by atoms with van der Waals surface area (Å²) >= 11 is 0. The van der Waals surface area contributed by atoms with Crippen LogP contribution in [0.2, 0.25) is 0 Å². The molecule has 0 aromatic heterocycles. The van der Waals surface area contributed by atoms with Gasteiger partial charge in [0.2, 0.25) is 10.0 Å². The van der Waals surface area contributed by atoms with E-state index in [1.54, 1.807) is 6.07 Å². The van der Waals surface area contributed by atoms with Crippen LogP contribution in [0.4, 0.5) is 8.78 Å². The van der Waals surface area contributed by atoms with E-state index >= 15 is 0 Å². The Morgan fingerprint density at radius 3 is 2.43 bits per heavy atom. The Labute approximate surface area is 163 Å². The fourth-order valence-electron chi connectivity index (χ4n) is 3.43. The summed E-state index contributed by atoms with van der Waals surface area (Å²) in [5, 5.41) is -0.571. The van der Waals surface area contributed by atoms with E-state index in [0.29, 0.717) is 18.4 Å². The molecule has 0 saturated heterocycles. The topological polar surface area (TPSA) is 75.3 Å². The lowest BCUT2D eigenvalue weighted by molar-refractivity contribution is 0.0940. The average Bonchev–Trinajstić information content (AvgIpc) is 2.69. The highest BCUT2D eigenvalue weighted by Crippen LogP contribution is 2.27. The molecular formula is C20H22F2N2O3S. The van der Waals surface area contributed by atoms with Gasteiger partial charge in [-0.3, -0.25) is 10.2 Å². The van der Waals surface area contributed by atoms with Crippen molar-refractivity contribution in [2.75, 3.05) is 0 Å². The second-order valence-electron chi connectivity index (χ2n) is 7.00. The highest BCUT2D eigenvalue weighted by Gasteiger charge is 2.28. The Morgan fingerprint density at radius 1 is 1.07 bits per heavy atom.